The fourth-order valence-corrected chi connectivity index (χ4v) is 4.81. The maximum Gasteiger partial charge on any atom is 0.178 e. The van der Waals surface area contributed by atoms with Crippen molar-refractivity contribution in [1.82, 2.24) is 29.9 Å². The second-order valence-corrected chi connectivity index (χ2v) is 9.58. The highest BCUT2D eigenvalue weighted by Gasteiger charge is 2.46. The van der Waals surface area contributed by atoms with Gasteiger partial charge in [-0.2, -0.15) is 10.2 Å². The summed E-state index contributed by atoms with van der Waals surface area (Å²) in [7, 11) is 0. The molecule has 0 aliphatic carbocycles. The van der Waals surface area contributed by atoms with E-state index in [0.717, 1.165) is 50.3 Å². The zero-order chi connectivity index (χ0) is 23.0. The molecular weight excluding hydrogens is 414 g/mol. The van der Waals surface area contributed by atoms with Crippen LogP contribution in [0.2, 0.25) is 0 Å². The summed E-state index contributed by atoms with van der Waals surface area (Å²) in [6.07, 6.45) is 3.82. The van der Waals surface area contributed by atoms with Crippen LogP contribution in [0, 0.1) is 6.92 Å². The lowest BCUT2D eigenvalue weighted by molar-refractivity contribution is -0.107. The molecule has 0 saturated carbocycles. The number of nitrogens with zero attached hydrogens (tertiary/aromatic N) is 5. The Hall–Kier alpha value is -3.78. The lowest BCUT2D eigenvalue weighted by Gasteiger charge is -2.25. The fourth-order valence-electron chi connectivity index (χ4n) is 4.81. The van der Waals surface area contributed by atoms with Crippen LogP contribution in [0.4, 0.5) is 11.5 Å². The van der Waals surface area contributed by atoms with Crippen molar-refractivity contribution in [3.05, 3.63) is 65.7 Å². The van der Waals surface area contributed by atoms with Gasteiger partial charge in [0, 0.05) is 34.7 Å². The minimum absolute atomic E-state index is 0.395. The van der Waals surface area contributed by atoms with Crippen molar-refractivity contribution in [1.29, 1.82) is 0 Å². The number of aromatic nitrogens is 6. The van der Waals surface area contributed by atoms with E-state index in [9.17, 15) is 0 Å². The third-order valence-corrected chi connectivity index (χ3v) is 6.18. The van der Waals surface area contributed by atoms with Gasteiger partial charge >= 0.3 is 0 Å². The van der Waals surface area contributed by atoms with Gasteiger partial charge in [0.1, 0.15) is 16.8 Å². The van der Waals surface area contributed by atoms with Crippen LogP contribution < -0.4 is 5.32 Å². The maximum absolute atomic E-state index is 6.23. The number of anilines is 2. The number of hydrogen-bond acceptors (Lipinski definition) is 6. The molecule has 6 rings (SSSR count). The second-order valence-electron chi connectivity index (χ2n) is 9.58. The normalized spacial score (nSPS) is 16.4. The Morgan fingerprint density at radius 3 is 2.73 bits per heavy atom. The smallest absolute Gasteiger partial charge is 0.178 e. The minimum Gasteiger partial charge on any atom is -0.358 e. The summed E-state index contributed by atoms with van der Waals surface area (Å²) in [5, 5.41) is 17.8. The minimum atomic E-state index is -0.443. The number of nitrogens with one attached hydrogen (secondary N) is 2. The first-order valence-corrected chi connectivity index (χ1v) is 11.0. The Morgan fingerprint density at radius 2 is 1.91 bits per heavy atom. The highest BCUT2D eigenvalue weighted by molar-refractivity contribution is 5.93. The van der Waals surface area contributed by atoms with E-state index < -0.39 is 11.2 Å². The Kier molecular flexibility index (Phi) is 3.98. The molecule has 1 aromatic carbocycles. The van der Waals surface area contributed by atoms with Gasteiger partial charge in [0.15, 0.2) is 11.6 Å². The fraction of sp³-hybridized carbons (Fsp3) is 0.280. The molecule has 0 radical (unpaired) electrons. The summed E-state index contributed by atoms with van der Waals surface area (Å²) >= 11 is 0. The van der Waals surface area contributed by atoms with Crippen molar-refractivity contribution >= 4 is 33.3 Å². The zero-order valence-corrected chi connectivity index (χ0v) is 19.3. The van der Waals surface area contributed by atoms with Crippen LogP contribution in [0.5, 0.6) is 0 Å². The zero-order valence-electron chi connectivity index (χ0n) is 19.3. The third-order valence-electron chi connectivity index (χ3n) is 6.18. The number of benzene rings is 1. The molecule has 1 aliphatic rings. The predicted octanol–water partition coefficient (Wildman–Crippen LogP) is 5.24. The van der Waals surface area contributed by atoms with Crippen molar-refractivity contribution in [3.63, 3.8) is 0 Å². The number of rotatable bonds is 3. The van der Waals surface area contributed by atoms with Gasteiger partial charge in [0.25, 0.3) is 0 Å². The Labute approximate surface area is 191 Å². The van der Waals surface area contributed by atoms with E-state index in [0.29, 0.717) is 5.82 Å². The molecule has 5 heterocycles. The van der Waals surface area contributed by atoms with E-state index in [-0.39, 0.29) is 0 Å². The number of aryl methyl sites for hydroxylation is 1. The molecule has 8 heteroatoms. The molecule has 0 fully saturated rings. The van der Waals surface area contributed by atoms with Crippen LogP contribution in [0.25, 0.3) is 27.6 Å². The number of aromatic amines is 1. The van der Waals surface area contributed by atoms with Crippen LogP contribution in [0.1, 0.15) is 44.6 Å². The van der Waals surface area contributed by atoms with Crippen LogP contribution in [0.15, 0.2) is 48.8 Å². The molecule has 4 aromatic heterocycles. The highest BCUT2D eigenvalue weighted by atomic mass is 16.5. The van der Waals surface area contributed by atoms with E-state index in [1.165, 1.54) is 0 Å². The Morgan fingerprint density at radius 1 is 1.06 bits per heavy atom. The van der Waals surface area contributed by atoms with Gasteiger partial charge in [0.05, 0.1) is 11.1 Å². The van der Waals surface area contributed by atoms with Crippen molar-refractivity contribution in [3.8, 4) is 5.82 Å². The molecule has 0 saturated heterocycles. The summed E-state index contributed by atoms with van der Waals surface area (Å²) in [6, 6.07) is 12.1. The van der Waals surface area contributed by atoms with Crippen LogP contribution in [0.3, 0.4) is 0 Å². The topological polar surface area (TPSA) is 93.5 Å². The molecule has 5 aromatic rings. The second kappa shape index (κ2) is 6.62. The van der Waals surface area contributed by atoms with Gasteiger partial charge in [0.2, 0.25) is 0 Å². The summed E-state index contributed by atoms with van der Waals surface area (Å²) in [5.74, 6) is 1.51. The van der Waals surface area contributed by atoms with Crippen molar-refractivity contribution in [2.45, 2.75) is 45.8 Å². The Balaban J connectivity index is 1.44. The first-order chi connectivity index (χ1) is 15.7. The molecule has 0 amide bonds. The van der Waals surface area contributed by atoms with Crippen molar-refractivity contribution in [2.24, 2.45) is 0 Å². The molecule has 33 heavy (non-hydrogen) atoms. The average molecular weight is 440 g/mol. The lowest BCUT2D eigenvalue weighted by atomic mass is 9.98. The summed E-state index contributed by atoms with van der Waals surface area (Å²) in [5.41, 5.74) is 4.77. The van der Waals surface area contributed by atoms with E-state index in [4.69, 9.17) is 14.8 Å². The van der Waals surface area contributed by atoms with Crippen molar-refractivity contribution in [2.75, 3.05) is 5.32 Å². The molecule has 0 spiro atoms. The highest BCUT2D eigenvalue weighted by Crippen LogP contribution is 2.46. The van der Waals surface area contributed by atoms with Gasteiger partial charge in [-0.05, 0) is 76.4 Å². The molecule has 2 N–H and O–H groups in total. The Bertz CT molecular complexity index is 1510. The molecule has 0 bridgehead atoms. The van der Waals surface area contributed by atoms with Crippen molar-refractivity contribution < 1.29 is 4.74 Å². The summed E-state index contributed by atoms with van der Waals surface area (Å²) in [6.45, 7) is 10.3. The molecule has 0 atom stereocenters. The van der Waals surface area contributed by atoms with Crippen LogP contribution in [-0.2, 0) is 15.9 Å². The van der Waals surface area contributed by atoms with Gasteiger partial charge in [-0.25, -0.2) is 9.67 Å². The van der Waals surface area contributed by atoms with E-state index >= 15 is 0 Å². The molecular formula is C25H25N7O. The average Bonchev–Trinajstić information content (AvgIpc) is 3.42. The SMILES string of the molecule is Cc1cc2cc(Nc3n[nH]c4cccnc34)ccc2c(-n2cc3c(n2)C(C)(C)OC3(C)C)n1. The van der Waals surface area contributed by atoms with Crippen LogP contribution in [-0.4, -0.2) is 29.9 Å². The number of pyridine rings is 2. The summed E-state index contributed by atoms with van der Waals surface area (Å²) in [4.78, 5) is 9.27. The third kappa shape index (κ3) is 3.09. The first-order valence-electron chi connectivity index (χ1n) is 11.0. The molecule has 166 valence electrons. The van der Waals surface area contributed by atoms with Gasteiger partial charge < -0.3 is 10.1 Å². The molecule has 1 aliphatic heterocycles. The number of H-pyrrole nitrogens is 1. The van der Waals surface area contributed by atoms with E-state index in [1.54, 1.807) is 6.20 Å². The standard InChI is InChI=1S/C25H25N7O/c1-14-11-15-12-16(28-22-20-19(29-30-22)7-6-10-26-20)8-9-17(15)23(27-14)32-13-18-21(31-32)25(4,5)33-24(18,2)3/h6-13H,1-5H3,(H2,28,29,30). The van der Waals surface area contributed by atoms with E-state index in [2.05, 4.69) is 72.6 Å². The van der Waals surface area contributed by atoms with Gasteiger partial charge in [-0.1, -0.05) is 0 Å². The number of hydrogen-bond donors (Lipinski definition) is 2. The number of ether oxygens (including phenoxy) is 1. The monoisotopic (exact) mass is 439 g/mol. The maximum atomic E-state index is 6.23. The van der Waals surface area contributed by atoms with Gasteiger partial charge in [-0.3, -0.25) is 10.1 Å². The first kappa shape index (κ1) is 19.9. The lowest BCUT2D eigenvalue weighted by Crippen LogP contribution is -2.24. The van der Waals surface area contributed by atoms with Crippen LogP contribution >= 0.6 is 0 Å². The molecule has 0 unspecified atom stereocenters. The van der Waals surface area contributed by atoms with Gasteiger partial charge in [-0.15, -0.1) is 0 Å². The quantitative estimate of drug-likeness (QED) is 0.399. The molecule has 8 nitrogen and oxygen atoms in total. The predicted molar refractivity (Wildman–Crippen MR) is 128 cm³/mol. The summed E-state index contributed by atoms with van der Waals surface area (Å²) < 4.78 is 8.12. The number of fused-ring (bicyclic) bond motifs is 3. The van der Waals surface area contributed by atoms with E-state index in [1.807, 2.05) is 29.8 Å². The largest absolute Gasteiger partial charge is 0.358 e.